The van der Waals surface area contributed by atoms with Crippen LogP contribution in [0.2, 0.25) is 0 Å². The minimum Gasteiger partial charge on any atom is -0.444 e. The van der Waals surface area contributed by atoms with Gasteiger partial charge in [0.25, 0.3) is 0 Å². The summed E-state index contributed by atoms with van der Waals surface area (Å²) >= 11 is 0. The summed E-state index contributed by atoms with van der Waals surface area (Å²) in [5.41, 5.74) is -7.08. The molecule has 1 aliphatic carbocycles. The maximum atomic E-state index is 12.7. The molecule has 0 saturated heterocycles. The molecule has 1 aliphatic heterocycles. The molecule has 1 amide bonds. The van der Waals surface area contributed by atoms with Crippen molar-refractivity contribution in [3.8, 4) is 0 Å². The number of hydrogen-bond donors (Lipinski definition) is 0. The molecule has 0 aromatic rings. The highest BCUT2D eigenvalue weighted by molar-refractivity contribution is 7.87. The van der Waals surface area contributed by atoms with E-state index in [2.05, 4.69) is 4.18 Å². The normalized spacial score (nSPS) is 25.4. The summed E-state index contributed by atoms with van der Waals surface area (Å²) in [5, 5.41) is 0. The first-order chi connectivity index (χ1) is 12.4. The molecule has 1 unspecified atom stereocenters. The number of hydrogen-bond acceptors (Lipinski definition) is 5. The van der Waals surface area contributed by atoms with Crippen LogP contribution in [0.3, 0.4) is 0 Å². The van der Waals surface area contributed by atoms with Crippen molar-refractivity contribution < 1.29 is 35.3 Å². The Hall–Kier alpha value is -1.71. The monoisotopic (exact) mass is 425 g/mol. The third-order valence-electron chi connectivity index (χ3n) is 4.87. The first-order valence-corrected chi connectivity index (χ1v) is 10.2. The van der Waals surface area contributed by atoms with Crippen LogP contribution in [0.15, 0.2) is 23.5 Å². The highest BCUT2D eigenvalue weighted by atomic mass is 32.2. The largest absolute Gasteiger partial charge is 0.534 e. The van der Waals surface area contributed by atoms with E-state index in [1.165, 1.54) is 11.0 Å². The van der Waals surface area contributed by atoms with Crippen molar-refractivity contribution in [1.29, 1.82) is 0 Å². The number of halogens is 3. The van der Waals surface area contributed by atoms with Gasteiger partial charge < -0.3 is 13.8 Å². The molecule has 0 aromatic heterocycles. The minimum atomic E-state index is -5.75. The minimum absolute atomic E-state index is 0.211. The number of alkyl halides is 3. The predicted molar refractivity (Wildman–Crippen MR) is 96.5 cm³/mol. The van der Waals surface area contributed by atoms with Crippen LogP contribution in [0.1, 0.15) is 48.0 Å². The van der Waals surface area contributed by atoms with Gasteiger partial charge in [0.05, 0.1) is 0 Å². The van der Waals surface area contributed by atoms with Crippen LogP contribution in [0.4, 0.5) is 18.0 Å². The number of carbonyl (C=O) groups is 1. The van der Waals surface area contributed by atoms with Crippen LogP contribution < -0.4 is 0 Å². The van der Waals surface area contributed by atoms with Gasteiger partial charge in [0.2, 0.25) is 0 Å². The molecule has 0 N–H and O–H groups in total. The van der Waals surface area contributed by atoms with Gasteiger partial charge >= 0.3 is 21.7 Å². The Morgan fingerprint density at radius 1 is 1.14 bits per heavy atom. The van der Waals surface area contributed by atoms with Gasteiger partial charge in [-0.3, -0.25) is 0 Å². The van der Waals surface area contributed by atoms with E-state index in [-0.39, 0.29) is 18.7 Å². The van der Waals surface area contributed by atoms with Gasteiger partial charge in [-0.25, -0.2) is 4.79 Å². The van der Waals surface area contributed by atoms with Crippen LogP contribution in [0, 0.1) is 10.8 Å². The van der Waals surface area contributed by atoms with Crippen LogP contribution in [-0.2, 0) is 19.0 Å². The summed E-state index contributed by atoms with van der Waals surface area (Å²) in [6.07, 6.45) is 2.85. The molecular weight excluding hydrogens is 399 g/mol. The number of rotatable bonds is 2. The molecule has 0 bridgehead atoms. The van der Waals surface area contributed by atoms with E-state index in [0.29, 0.717) is 6.54 Å². The summed E-state index contributed by atoms with van der Waals surface area (Å²) in [5.74, 6) is -0.265. The summed E-state index contributed by atoms with van der Waals surface area (Å²) in [7, 11) is -5.75. The van der Waals surface area contributed by atoms with E-state index in [4.69, 9.17) is 4.74 Å². The van der Waals surface area contributed by atoms with Crippen molar-refractivity contribution in [2.75, 3.05) is 13.1 Å². The zero-order valence-electron chi connectivity index (χ0n) is 16.8. The molecular formula is C18H26F3NO5S. The molecule has 0 saturated carbocycles. The Kier molecular flexibility index (Phi) is 5.38. The molecule has 1 atom stereocenters. The van der Waals surface area contributed by atoms with Crippen LogP contribution in [0.25, 0.3) is 0 Å². The second-order valence-electron chi connectivity index (χ2n) is 8.92. The Balaban J connectivity index is 2.30. The van der Waals surface area contributed by atoms with Gasteiger partial charge in [0.1, 0.15) is 11.4 Å². The van der Waals surface area contributed by atoms with Crippen molar-refractivity contribution in [2.24, 2.45) is 10.8 Å². The van der Waals surface area contributed by atoms with Gasteiger partial charge in [-0.2, -0.15) is 21.6 Å². The zero-order chi connectivity index (χ0) is 21.8. The average Bonchev–Trinajstić information content (AvgIpc) is 2.47. The Bertz CT molecular complexity index is 821. The number of nitrogens with zero attached hydrogens (tertiary/aromatic N) is 1. The molecule has 2 rings (SSSR count). The van der Waals surface area contributed by atoms with Gasteiger partial charge in [0, 0.05) is 23.9 Å². The maximum absolute atomic E-state index is 12.7. The highest BCUT2D eigenvalue weighted by Gasteiger charge is 2.53. The second kappa shape index (κ2) is 6.67. The summed E-state index contributed by atoms with van der Waals surface area (Å²) in [6.45, 7) is 10.9. The molecule has 160 valence electrons. The summed E-state index contributed by atoms with van der Waals surface area (Å²) < 4.78 is 70.9. The lowest BCUT2D eigenvalue weighted by Gasteiger charge is -2.49. The topological polar surface area (TPSA) is 72.9 Å². The Morgan fingerprint density at radius 3 is 2.21 bits per heavy atom. The molecule has 28 heavy (non-hydrogen) atoms. The number of allylic oxidation sites excluding steroid dienone is 2. The van der Waals surface area contributed by atoms with Crippen molar-refractivity contribution >= 4 is 16.2 Å². The third-order valence-corrected chi connectivity index (χ3v) is 5.83. The Morgan fingerprint density at radius 2 is 1.71 bits per heavy atom. The number of ether oxygens (including phenoxy) is 1. The fraction of sp³-hybridized carbons (Fsp3) is 0.722. The molecule has 6 nitrogen and oxygen atoms in total. The number of fused-ring (bicyclic) bond motifs is 1. The second-order valence-corrected chi connectivity index (χ2v) is 10.5. The molecule has 0 fully saturated rings. The first-order valence-electron chi connectivity index (χ1n) is 8.79. The van der Waals surface area contributed by atoms with Crippen molar-refractivity contribution in [3.63, 3.8) is 0 Å². The maximum Gasteiger partial charge on any atom is 0.534 e. The third kappa shape index (κ3) is 4.31. The predicted octanol–water partition coefficient (Wildman–Crippen LogP) is 4.35. The lowest BCUT2D eigenvalue weighted by atomic mass is 9.61. The molecule has 0 spiro atoms. The Labute approximate surface area is 163 Å². The van der Waals surface area contributed by atoms with E-state index in [1.54, 1.807) is 40.7 Å². The van der Waals surface area contributed by atoms with Gasteiger partial charge in [-0.05, 0) is 47.1 Å². The smallest absolute Gasteiger partial charge is 0.444 e. The van der Waals surface area contributed by atoms with Gasteiger partial charge in [-0.15, -0.1) is 0 Å². The van der Waals surface area contributed by atoms with E-state index in [0.717, 1.165) is 5.57 Å². The molecule has 2 aliphatic rings. The molecule has 0 aromatic carbocycles. The zero-order valence-corrected chi connectivity index (χ0v) is 17.6. The van der Waals surface area contributed by atoms with E-state index < -0.39 is 38.2 Å². The lowest BCUT2D eigenvalue weighted by molar-refractivity contribution is -0.0533. The highest BCUT2D eigenvalue weighted by Crippen LogP contribution is 2.53. The van der Waals surface area contributed by atoms with Crippen LogP contribution in [-0.4, -0.2) is 43.6 Å². The van der Waals surface area contributed by atoms with Gasteiger partial charge in [0.15, 0.2) is 0 Å². The molecule has 10 heteroatoms. The quantitative estimate of drug-likeness (QED) is 0.374. The molecule has 0 radical (unpaired) electrons. The van der Waals surface area contributed by atoms with E-state index in [1.807, 2.05) is 6.92 Å². The van der Waals surface area contributed by atoms with Gasteiger partial charge in [-0.1, -0.05) is 18.6 Å². The summed E-state index contributed by atoms with van der Waals surface area (Å²) in [4.78, 5) is 13.9. The van der Waals surface area contributed by atoms with Crippen molar-refractivity contribution in [3.05, 3.63) is 23.5 Å². The van der Waals surface area contributed by atoms with Crippen molar-refractivity contribution in [2.45, 2.75) is 59.1 Å². The standard InChI is InChI=1S/C18H26F3NO5S/c1-15(2,3)26-14(23)22-10-8-12-16(4,5)13(7-9-17(12,6)11-22)27-28(24,25)18(19,20)21/h7-8H,9-11H2,1-6H3. The average molecular weight is 425 g/mol. The van der Waals surface area contributed by atoms with Crippen molar-refractivity contribution in [1.82, 2.24) is 4.90 Å². The fourth-order valence-electron chi connectivity index (χ4n) is 3.68. The van der Waals surface area contributed by atoms with E-state index in [9.17, 15) is 26.4 Å². The van der Waals surface area contributed by atoms with Crippen LogP contribution in [0.5, 0.6) is 0 Å². The first kappa shape index (κ1) is 22.6. The summed E-state index contributed by atoms with van der Waals surface area (Å²) in [6, 6.07) is 0. The lowest BCUT2D eigenvalue weighted by Crippen LogP contribution is -2.50. The number of carbonyl (C=O) groups excluding carboxylic acids is 1. The fourth-order valence-corrected chi connectivity index (χ4v) is 4.29. The molecule has 1 heterocycles. The SMILES string of the molecule is CC(C)(C)OC(=O)N1CC=C2C(C)(CC=C(OS(=O)(=O)C(F)(F)F)C2(C)C)C1. The number of amides is 1. The van der Waals surface area contributed by atoms with E-state index >= 15 is 0 Å². The van der Waals surface area contributed by atoms with Crippen LogP contribution >= 0.6 is 0 Å².